The molecule has 2 nitrogen and oxygen atoms in total. The van der Waals surface area contributed by atoms with E-state index < -0.39 is 6.43 Å². The minimum absolute atomic E-state index is 0.0984. The molecule has 0 aliphatic rings. The van der Waals surface area contributed by atoms with Crippen LogP contribution in [0.15, 0.2) is 0 Å². The largest absolute Gasteiger partial charge is 0.354 e. The number of anilines is 1. The summed E-state index contributed by atoms with van der Waals surface area (Å²) in [4.78, 5) is 5.24. The Labute approximate surface area is 77.8 Å². The fourth-order valence-electron chi connectivity index (χ4n) is 0.628. The highest BCUT2D eigenvalue weighted by Gasteiger charge is 2.18. The van der Waals surface area contributed by atoms with Crippen LogP contribution in [0, 0.1) is 0 Å². The number of hydrogen-bond acceptors (Lipinski definition) is 3. The maximum atomic E-state index is 12.2. The highest BCUT2D eigenvalue weighted by atomic mass is 35.5. The molecule has 0 unspecified atom stereocenters. The SMILES string of the molecule is CN(C)c1nc(Cl)c(C(F)F)s1. The lowest BCUT2D eigenvalue weighted by Crippen LogP contribution is -2.07. The lowest BCUT2D eigenvalue weighted by Gasteiger charge is -2.04. The Bertz CT molecular complexity index is 275. The van der Waals surface area contributed by atoms with Crippen LogP contribution in [-0.2, 0) is 0 Å². The molecule has 68 valence electrons. The summed E-state index contributed by atoms with van der Waals surface area (Å²) in [6.07, 6.45) is -2.54. The maximum absolute atomic E-state index is 12.2. The normalized spacial score (nSPS) is 10.8. The minimum atomic E-state index is -2.54. The Morgan fingerprint density at radius 2 is 2.08 bits per heavy atom. The van der Waals surface area contributed by atoms with Crippen molar-refractivity contribution in [3.63, 3.8) is 0 Å². The molecule has 12 heavy (non-hydrogen) atoms. The number of aromatic nitrogens is 1. The molecule has 0 saturated carbocycles. The zero-order valence-electron chi connectivity index (χ0n) is 6.51. The number of thiazole rings is 1. The molecule has 0 aliphatic carbocycles. The maximum Gasteiger partial charge on any atom is 0.275 e. The monoisotopic (exact) mass is 212 g/mol. The van der Waals surface area contributed by atoms with Gasteiger partial charge in [-0.15, -0.1) is 0 Å². The van der Waals surface area contributed by atoms with E-state index in [0.29, 0.717) is 5.13 Å². The molecule has 0 aliphatic heterocycles. The third-order valence-electron chi connectivity index (χ3n) is 1.18. The molecule has 0 fully saturated rings. The van der Waals surface area contributed by atoms with Gasteiger partial charge in [0.2, 0.25) is 0 Å². The molecular weight excluding hydrogens is 206 g/mol. The number of halogens is 3. The first kappa shape index (κ1) is 9.67. The Kier molecular flexibility index (Phi) is 2.85. The van der Waals surface area contributed by atoms with Gasteiger partial charge in [-0.05, 0) is 0 Å². The number of alkyl halides is 2. The first-order chi connectivity index (χ1) is 5.52. The predicted molar refractivity (Wildman–Crippen MR) is 46.4 cm³/mol. The van der Waals surface area contributed by atoms with Crippen LogP contribution >= 0.6 is 22.9 Å². The van der Waals surface area contributed by atoms with Crippen LogP contribution in [0.3, 0.4) is 0 Å². The quantitative estimate of drug-likeness (QED) is 0.750. The van der Waals surface area contributed by atoms with E-state index in [2.05, 4.69) is 4.98 Å². The van der Waals surface area contributed by atoms with Gasteiger partial charge < -0.3 is 4.90 Å². The molecule has 0 radical (unpaired) electrons. The zero-order chi connectivity index (χ0) is 9.30. The summed E-state index contributed by atoms with van der Waals surface area (Å²) in [5.41, 5.74) is 0. The number of nitrogens with zero attached hydrogens (tertiary/aromatic N) is 2. The molecule has 0 amide bonds. The molecular formula is C6H7ClF2N2S. The number of rotatable bonds is 2. The van der Waals surface area contributed by atoms with Crippen molar-refractivity contribution in [3.05, 3.63) is 10.0 Å². The standard InChI is InChI=1S/C6H7ClF2N2S/c1-11(2)6-10-4(7)3(12-6)5(8)9/h5H,1-2H3. The average Bonchev–Trinajstić information content (AvgIpc) is 2.30. The van der Waals surface area contributed by atoms with Gasteiger partial charge in [0.1, 0.15) is 4.88 Å². The van der Waals surface area contributed by atoms with E-state index >= 15 is 0 Å². The smallest absolute Gasteiger partial charge is 0.275 e. The van der Waals surface area contributed by atoms with Crippen molar-refractivity contribution in [2.45, 2.75) is 6.43 Å². The summed E-state index contributed by atoms with van der Waals surface area (Å²) in [6.45, 7) is 0. The summed E-state index contributed by atoms with van der Waals surface area (Å²) in [6, 6.07) is 0. The van der Waals surface area contributed by atoms with Gasteiger partial charge in [-0.1, -0.05) is 22.9 Å². The van der Waals surface area contributed by atoms with Crippen molar-refractivity contribution >= 4 is 28.1 Å². The molecule has 6 heteroatoms. The minimum Gasteiger partial charge on any atom is -0.354 e. The van der Waals surface area contributed by atoms with Gasteiger partial charge in [0.25, 0.3) is 6.43 Å². The van der Waals surface area contributed by atoms with Gasteiger partial charge in [0, 0.05) is 14.1 Å². The van der Waals surface area contributed by atoms with Crippen LogP contribution < -0.4 is 4.90 Å². The second kappa shape index (κ2) is 3.53. The van der Waals surface area contributed by atoms with Crippen molar-refractivity contribution in [1.29, 1.82) is 0 Å². The lowest BCUT2D eigenvalue weighted by molar-refractivity contribution is 0.155. The lowest BCUT2D eigenvalue weighted by atomic mass is 10.6. The fourth-order valence-corrected chi connectivity index (χ4v) is 1.69. The van der Waals surface area contributed by atoms with Crippen LogP contribution in [-0.4, -0.2) is 19.1 Å². The second-order valence-corrected chi connectivity index (χ2v) is 3.71. The predicted octanol–water partition coefficient (Wildman–Crippen LogP) is 2.80. The molecule has 0 N–H and O–H groups in total. The Morgan fingerprint density at radius 3 is 2.33 bits per heavy atom. The molecule has 0 saturated heterocycles. The molecule has 0 atom stereocenters. The van der Waals surface area contributed by atoms with Crippen molar-refractivity contribution in [3.8, 4) is 0 Å². The van der Waals surface area contributed by atoms with E-state index in [0.717, 1.165) is 11.3 Å². The molecule has 1 rings (SSSR count). The van der Waals surface area contributed by atoms with Gasteiger partial charge in [-0.3, -0.25) is 0 Å². The first-order valence-corrected chi connectivity index (χ1v) is 4.33. The van der Waals surface area contributed by atoms with E-state index in [1.165, 1.54) is 0 Å². The first-order valence-electron chi connectivity index (χ1n) is 3.14. The van der Waals surface area contributed by atoms with Crippen molar-refractivity contribution in [2.75, 3.05) is 19.0 Å². The molecule has 0 spiro atoms. The Morgan fingerprint density at radius 1 is 1.50 bits per heavy atom. The van der Waals surface area contributed by atoms with Crippen LogP contribution in [0.5, 0.6) is 0 Å². The van der Waals surface area contributed by atoms with Crippen molar-refractivity contribution < 1.29 is 8.78 Å². The van der Waals surface area contributed by atoms with Gasteiger partial charge in [0.15, 0.2) is 10.3 Å². The van der Waals surface area contributed by atoms with Crippen LogP contribution in [0.25, 0.3) is 0 Å². The summed E-state index contributed by atoms with van der Waals surface area (Å²) in [7, 11) is 3.45. The van der Waals surface area contributed by atoms with E-state index in [9.17, 15) is 8.78 Å². The number of hydrogen-bond donors (Lipinski definition) is 0. The van der Waals surface area contributed by atoms with E-state index in [1.807, 2.05) is 0 Å². The van der Waals surface area contributed by atoms with Crippen LogP contribution in [0.1, 0.15) is 11.3 Å². The van der Waals surface area contributed by atoms with E-state index in [1.54, 1.807) is 19.0 Å². The van der Waals surface area contributed by atoms with E-state index in [-0.39, 0.29) is 10.0 Å². The van der Waals surface area contributed by atoms with E-state index in [4.69, 9.17) is 11.6 Å². The fraction of sp³-hybridized carbons (Fsp3) is 0.500. The average molecular weight is 213 g/mol. The molecule has 0 bridgehead atoms. The molecule has 0 aromatic carbocycles. The molecule has 1 aromatic heterocycles. The van der Waals surface area contributed by atoms with Gasteiger partial charge in [0.05, 0.1) is 0 Å². The third-order valence-corrected chi connectivity index (χ3v) is 2.81. The van der Waals surface area contributed by atoms with Crippen LogP contribution in [0.4, 0.5) is 13.9 Å². The zero-order valence-corrected chi connectivity index (χ0v) is 8.09. The molecule has 1 heterocycles. The second-order valence-electron chi connectivity index (χ2n) is 2.35. The topological polar surface area (TPSA) is 16.1 Å². The van der Waals surface area contributed by atoms with Crippen molar-refractivity contribution in [1.82, 2.24) is 4.98 Å². The van der Waals surface area contributed by atoms with Crippen molar-refractivity contribution in [2.24, 2.45) is 0 Å². The van der Waals surface area contributed by atoms with Gasteiger partial charge in [-0.2, -0.15) is 0 Å². The highest BCUT2D eigenvalue weighted by molar-refractivity contribution is 7.16. The molecule has 1 aromatic rings. The summed E-state index contributed by atoms with van der Waals surface area (Å²) >= 11 is 6.39. The third kappa shape index (κ3) is 1.84. The van der Waals surface area contributed by atoms with Gasteiger partial charge >= 0.3 is 0 Å². The van der Waals surface area contributed by atoms with Crippen LogP contribution in [0.2, 0.25) is 5.15 Å². The summed E-state index contributed by atoms with van der Waals surface area (Å²) < 4.78 is 24.3. The summed E-state index contributed by atoms with van der Waals surface area (Å²) in [5, 5.41) is 0.397. The van der Waals surface area contributed by atoms with Gasteiger partial charge in [-0.25, -0.2) is 13.8 Å². The summed E-state index contributed by atoms with van der Waals surface area (Å²) in [5.74, 6) is 0. The Hall–Kier alpha value is -0.420. The highest BCUT2D eigenvalue weighted by Crippen LogP contribution is 2.35. The Balaban J connectivity index is 3.00.